The standard InChI is InChI=1S/C36H64O31/c37-1-8(43)15(45)28(9(44)2-38)64-36-27(57)22(52)31(67-34-24(54)19(49)17(47)11(4-40)60-34)14(63-36)7-58-32-25(55)20(50)29(12(5-41)61-32)66-35-26(56)21(51)30(13(6-42)62-35)65-33-23(53)18(48)16(46)10(3-39)59-33/h8-57H,1-7H2/t8-,9+,10+,11+,12+,13+,14+,15+,16+,17+,18-,19-,20+,21+,22+,23+,24+,25+,26+,27+,28+,29+,30+,31+,32-,33+,34+,35+,36+/m0/s1. The zero-order chi connectivity index (χ0) is 49.8. The van der Waals surface area contributed by atoms with Crippen LogP contribution in [0.3, 0.4) is 0 Å². The van der Waals surface area contributed by atoms with Crippen molar-refractivity contribution in [3.63, 3.8) is 0 Å². The van der Waals surface area contributed by atoms with Crippen LogP contribution in [0, 0.1) is 0 Å². The summed E-state index contributed by atoms with van der Waals surface area (Å²) in [5.74, 6) is 0. The largest absolute Gasteiger partial charge is 0.394 e. The molecule has 394 valence electrons. The Hall–Kier alpha value is -1.24. The Morgan fingerprint density at radius 1 is 0.343 bits per heavy atom. The zero-order valence-corrected chi connectivity index (χ0v) is 35.2. The van der Waals surface area contributed by atoms with Gasteiger partial charge in [0.1, 0.15) is 146 Å². The average molecular weight is 993 g/mol. The number of aliphatic hydroxyl groups excluding tert-OH is 21. The maximum Gasteiger partial charge on any atom is 0.187 e. The fourth-order valence-corrected chi connectivity index (χ4v) is 8.01. The van der Waals surface area contributed by atoms with E-state index in [1.165, 1.54) is 0 Å². The van der Waals surface area contributed by atoms with Crippen LogP contribution in [0.2, 0.25) is 0 Å². The number of ether oxygens (including phenoxy) is 10. The first-order valence-corrected chi connectivity index (χ1v) is 21.1. The Kier molecular flexibility index (Phi) is 21.1. The normalized spacial score (nSPS) is 48.4. The molecule has 5 heterocycles. The van der Waals surface area contributed by atoms with E-state index in [-0.39, 0.29) is 0 Å². The summed E-state index contributed by atoms with van der Waals surface area (Å²) in [6, 6.07) is 0. The highest BCUT2D eigenvalue weighted by Gasteiger charge is 2.56. The molecule has 0 saturated carbocycles. The van der Waals surface area contributed by atoms with E-state index in [0.29, 0.717) is 0 Å². The Morgan fingerprint density at radius 2 is 0.672 bits per heavy atom. The summed E-state index contributed by atoms with van der Waals surface area (Å²) in [6.07, 6.45) is -56.5. The average Bonchev–Trinajstić information content (AvgIpc) is 3.32. The van der Waals surface area contributed by atoms with Gasteiger partial charge in [0, 0.05) is 0 Å². The minimum absolute atomic E-state index is 0.840. The minimum atomic E-state index is -2.25. The highest BCUT2D eigenvalue weighted by Crippen LogP contribution is 2.35. The van der Waals surface area contributed by atoms with Gasteiger partial charge in [0.05, 0.1) is 46.2 Å². The Morgan fingerprint density at radius 3 is 1.07 bits per heavy atom. The maximum absolute atomic E-state index is 11.3. The predicted octanol–water partition coefficient (Wildman–Crippen LogP) is -14.5. The van der Waals surface area contributed by atoms with Gasteiger partial charge in [0.25, 0.3) is 0 Å². The van der Waals surface area contributed by atoms with Gasteiger partial charge in [-0.05, 0) is 0 Å². The molecule has 0 bridgehead atoms. The Labute approximate surface area is 378 Å². The smallest absolute Gasteiger partial charge is 0.187 e. The molecule has 29 atom stereocenters. The van der Waals surface area contributed by atoms with E-state index in [0.717, 1.165) is 0 Å². The van der Waals surface area contributed by atoms with Crippen molar-refractivity contribution < 1.29 is 155 Å². The summed E-state index contributed by atoms with van der Waals surface area (Å²) in [5.41, 5.74) is 0. The van der Waals surface area contributed by atoms with Gasteiger partial charge < -0.3 is 155 Å². The molecule has 0 radical (unpaired) electrons. The van der Waals surface area contributed by atoms with Gasteiger partial charge in [-0.2, -0.15) is 0 Å². The summed E-state index contributed by atoms with van der Waals surface area (Å²) in [6.45, 7) is -6.94. The van der Waals surface area contributed by atoms with Crippen LogP contribution >= 0.6 is 0 Å². The molecule has 0 amide bonds. The monoisotopic (exact) mass is 992 g/mol. The topological polar surface area (TPSA) is 517 Å². The molecule has 5 fully saturated rings. The molecule has 5 rings (SSSR count). The van der Waals surface area contributed by atoms with E-state index in [4.69, 9.17) is 47.4 Å². The first kappa shape index (κ1) is 56.7. The van der Waals surface area contributed by atoms with Crippen LogP contribution in [0.5, 0.6) is 0 Å². The molecule has 0 unspecified atom stereocenters. The third-order valence-corrected chi connectivity index (χ3v) is 12.1. The lowest BCUT2D eigenvalue weighted by Gasteiger charge is -2.48. The fraction of sp³-hybridized carbons (Fsp3) is 1.00. The highest BCUT2D eigenvalue weighted by atomic mass is 16.8. The number of rotatable bonds is 20. The second-order valence-electron chi connectivity index (χ2n) is 16.6. The second kappa shape index (κ2) is 24.9. The lowest BCUT2D eigenvalue weighted by Crippen LogP contribution is -2.67. The molecule has 0 aliphatic carbocycles. The quantitative estimate of drug-likeness (QED) is 0.0538. The Balaban J connectivity index is 1.31. The molecule has 5 aliphatic rings. The number of hydrogen-bond acceptors (Lipinski definition) is 31. The first-order valence-electron chi connectivity index (χ1n) is 21.1. The molecule has 21 N–H and O–H groups in total. The van der Waals surface area contributed by atoms with Gasteiger partial charge >= 0.3 is 0 Å². The fourth-order valence-electron chi connectivity index (χ4n) is 8.01. The molecule has 5 aliphatic heterocycles. The summed E-state index contributed by atoms with van der Waals surface area (Å²) < 4.78 is 55.5. The highest BCUT2D eigenvalue weighted by molar-refractivity contribution is 4.98. The molecule has 0 aromatic heterocycles. The third-order valence-electron chi connectivity index (χ3n) is 12.1. The number of hydrogen-bond donors (Lipinski definition) is 21. The van der Waals surface area contributed by atoms with E-state index in [1.54, 1.807) is 0 Å². The van der Waals surface area contributed by atoms with E-state index in [1.807, 2.05) is 0 Å². The van der Waals surface area contributed by atoms with Crippen LogP contribution in [-0.2, 0) is 47.4 Å². The van der Waals surface area contributed by atoms with E-state index in [9.17, 15) is 107 Å². The van der Waals surface area contributed by atoms with Crippen molar-refractivity contribution >= 4 is 0 Å². The van der Waals surface area contributed by atoms with Crippen molar-refractivity contribution in [1.82, 2.24) is 0 Å². The lowest BCUT2D eigenvalue weighted by molar-refractivity contribution is -0.385. The summed E-state index contributed by atoms with van der Waals surface area (Å²) in [5, 5.41) is 218. The van der Waals surface area contributed by atoms with Gasteiger partial charge in [-0.3, -0.25) is 0 Å². The van der Waals surface area contributed by atoms with Gasteiger partial charge in [-0.15, -0.1) is 0 Å². The second-order valence-corrected chi connectivity index (χ2v) is 16.6. The summed E-state index contributed by atoms with van der Waals surface area (Å²) in [4.78, 5) is 0. The van der Waals surface area contributed by atoms with E-state index >= 15 is 0 Å². The van der Waals surface area contributed by atoms with Gasteiger partial charge in [0.2, 0.25) is 0 Å². The predicted molar refractivity (Wildman–Crippen MR) is 201 cm³/mol. The zero-order valence-electron chi connectivity index (χ0n) is 35.2. The van der Waals surface area contributed by atoms with Crippen LogP contribution < -0.4 is 0 Å². The molecule has 31 heteroatoms. The first-order chi connectivity index (χ1) is 31.7. The molecule has 31 nitrogen and oxygen atoms in total. The van der Waals surface area contributed by atoms with Crippen LogP contribution in [0.25, 0.3) is 0 Å². The SMILES string of the molecule is OC[C@@H](O)[C@@H](O[C@H]1O[C@H](CO[C@H]2O[C@H](CO)[C@@H](O[C@H]3O[C@H](CO)[C@@H](O[C@H]4O[C@H](CO)[C@@H](O)[C@H](O)[C@H]4O)[C@H](O)[C@H]3O)[C@H](O)[C@H]2O)[C@@H](O[C@H]2O[C@H](CO)[C@@H](O)[C@H](O)[C@H]2O)[C@H](O)[C@H]1O)[C@H](O)[C@@H](O)CO. The van der Waals surface area contributed by atoms with Crippen LogP contribution in [-0.4, -0.2) is 331 Å². The molecule has 5 saturated heterocycles. The summed E-state index contributed by atoms with van der Waals surface area (Å²) >= 11 is 0. The number of aliphatic hydroxyl groups is 21. The van der Waals surface area contributed by atoms with Crippen molar-refractivity contribution in [2.75, 3.05) is 46.2 Å². The maximum atomic E-state index is 11.3. The minimum Gasteiger partial charge on any atom is -0.394 e. The van der Waals surface area contributed by atoms with Crippen molar-refractivity contribution in [2.45, 2.75) is 178 Å². The molecule has 0 aromatic carbocycles. The lowest BCUT2D eigenvalue weighted by atomic mass is 9.96. The van der Waals surface area contributed by atoms with Gasteiger partial charge in [-0.25, -0.2) is 0 Å². The molecule has 67 heavy (non-hydrogen) atoms. The molecular formula is C36H64O31. The van der Waals surface area contributed by atoms with Crippen molar-refractivity contribution in [3.8, 4) is 0 Å². The Bertz CT molecular complexity index is 1450. The summed E-state index contributed by atoms with van der Waals surface area (Å²) in [7, 11) is 0. The van der Waals surface area contributed by atoms with Crippen LogP contribution in [0.4, 0.5) is 0 Å². The molecule has 0 aromatic rings. The van der Waals surface area contributed by atoms with E-state index < -0.39 is 224 Å². The van der Waals surface area contributed by atoms with Crippen LogP contribution in [0.15, 0.2) is 0 Å². The molecule has 0 spiro atoms. The third kappa shape index (κ3) is 12.3. The van der Waals surface area contributed by atoms with Gasteiger partial charge in [0.15, 0.2) is 31.5 Å². The van der Waals surface area contributed by atoms with Crippen molar-refractivity contribution in [3.05, 3.63) is 0 Å². The van der Waals surface area contributed by atoms with Crippen molar-refractivity contribution in [2.24, 2.45) is 0 Å². The molecular weight excluding hydrogens is 928 g/mol. The van der Waals surface area contributed by atoms with Crippen LogP contribution in [0.1, 0.15) is 0 Å². The van der Waals surface area contributed by atoms with Crippen molar-refractivity contribution in [1.29, 1.82) is 0 Å². The van der Waals surface area contributed by atoms with Gasteiger partial charge in [-0.1, -0.05) is 0 Å². The van der Waals surface area contributed by atoms with E-state index in [2.05, 4.69) is 0 Å².